The highest BCUT2D eigenvalue weighted by Crippen LogP contribution is 2.20. The molecular formula is C7H17N3O3S. The lowest BCUT2D eigenvalue weighted by Crippen LogP contribution is -2.38. The minimum Gasteiger partial charge on any atom is -0.304 e. The summed E-state index contributed by atoms with van der Waals surface area (Å²) >= 11 is 0. The fourth-order valence-electron chi connectivity index (χ4n) is 1.51. The number of nitrogens with two attached hydrogens (primary N) is 1. The van der Waals surface area contributed by atoms with Gasteiger partial charge in [0.15, 0.2) is 0 Å². The van der Waals surface area contributed by atoms with E-state index in [2.05, 4.69) is 4.84 Å². The Morgan fingerprint density at radius 1 is 1.57 bits per heavy atom. The Kier molecular flexibility index (Phi) is 3.85. The van der Waals surface area contributed by atoms with E-state index in [1.54, 1.807) is 0 Å². The molecule has 1 fully saturated rings. The van der Waals surface area contributed by atoms with Crippen LogP contribution in [0.5, 0.6) is 0 Å². The second kappa shape index (κ2) is 4.54. The average Bonchev–Trinajstić information content (AvgIpc) is 2.53. The van der Waals surface area contributed by atoms with Gasteiger partial charge in [-0.25, -0.2) is 5.90 Å². The van der Waals surface area contributed by atoms with E-state index in [4.69, 9.17) is 5.90 Å². The third kappa shape index (κ3) is 2.43. The Hall–Kier alpha value is -0.210. The molecule has 0 aromatic carbocycles. The van der Waals surface area contributed by atoms with E-state index in [0.29, 0.717) is 19.7 Å². The summed E-state index contributed by atoms with van der Waals surface area (Å²) in [5.74, 6) is 5.16. The lowest BCUT2D eigenvalue weighted by molar-refractivity contribution is 0.105. The summed E-state index contributed by atoms with van der Waals surface area (Å²) in [7, 11) is -0.198. The topological polar surface area (TPSA) is 75.9 Å². The van der Waals surface area contributed by atoms with Crippen LogP contribution < -0.4 is 5.90 Å². The Balaban J connectivity index is 2.58. The van der Waals surface area contributed by atoms with Crippen molar-refractivity contribution < 1.29 is 13.3 Å². The van der Waals surface area contributed by atoms with Gasteiger partial charge < -0.3 is 4.84 Å². The molecular weight excluding hydrogens is 206 g/mol. The molecule has 1 rings (SSSR count). The molecule has 0 aliphatic carbocycles. The maximum atomic E-state index is 11.7. The maximum Gasteiger partial charge on any atom is 0.281 e. The van der Waals surface area contributed by atoms with Crippen molar-refractivity contribution in [3.8, 4) is 0 Å². The molecule has 14 heavy (non-hydrogen) atoms. The van der Waals surface area contributed by atoms with Gasteiger partial charge in [0.2, 0.25) is 0 Å². The van der Waals surface area contributed by atoms with Gasteiger partial charge >= 0.3 is 0 Å². The van der Waals surface area contributed by atoms with Crippen molar-refractivity contribution in [1.29, 1.82) is 0 Å². The van der Waals surface area contributed by atoms with E-state index >= 15 is 0 Å². The second-order valence-electron chi connectivity index (χ2n) is 3.64. The third-order valence-corrected chi connectivity index (χ3v) is 4.28. The van der Waals surface area contributed by atoms with Crippen LogP contribution in [-0.2, 0) is 15.0 Å². The first-order chi connectivity index (χ1) is 6.48. The van der Waals surface area contributed by atoms with Crippen molar-refractivity contribution in [2.24, 2.45) is 11.8 Å². The van der Waals surface area contributed by atoms with Crippen molar-refractivity contribution >= 4 is 10.2 Å². The maximum absolute atomic E-state index is 11.7. The van der Waals surface area contributed by atoms with Crippen LogP contribution in [0.4, 0.5) is 0 Å². The van der Waals surface area contributed by atoms with Gasteiger partial charge in [-0.15, -0.1) is 0 Å². The van der Waals surface area contributed by atoms with E-state index in [0.717, 1.165) is 6.42 Å². The molecule has 1 saturated heterocycles. The zero-order chi connectivity index (χ0) is 10.8. The van der Waals surface area contributed by atoms with Crippen LogP contribution in [0.2, 0.25) is 0 Å². The van der Waals surface area contributed by atoms with Crippen molar-refractivity contribution in [2.75, 3.05) is 33.8 Å². The summed E-state index contributed by atoms with van der Waals surface area (Å²) in [6.45, 7) is 1.46. The summed E-state index contributed by atoms with van der Waals surface area (Å²) in [6, 6.07) is 0. The van der Waals surface area contributed by atoms with Gasteiger partial charge in [-0.3, -0.25) is 0 Å². The van der Waals surface area contributed by atoms with Crippen LogP contribution in [0.3, 0.4) is 0 Å². The molecule has 0 amide bonds. The van der Waals surface area contributed by atoms with E-state index in [1.165, 1.54) is 22.7 Å². The summed E-state index contributed by atoms with van der Waals surface area (Å²) in [5.41, 5.74) is 0. The highest BCUT2D eigenvalue weighted by Gasteiger charge is 2.32. The second-order valence-corrected chi connectivity index (χ2v) is 5.78. The van der Waals surface area contributed by atoms with E-state index < -0.39 is 10.2 Å². The largest absolute Gasteiger partial charge is 0.304 e. The van der Waals surface area contributed by atoms with Crippen LogP contribution >= 0.6 is 0 Å². The zero-order valence-corrected chi connectivity index (χ0v) is 9.33. The monoisotopic (exact) mass is 223 g/mol. The van der Waals surface area contributed by atoms with Crippen molar-refractivity contribution in [3.05, 3.63) is 0 Å². The fourth-order valence-corrected chi connectivity index (χ4v) is 2.71. The SMILES string of the molecule is CN(C)S(=O)(=O)N1CCC(CON)C1. The van der Waals surface area contributed by atoms with E-state index in [-0.39, 0.29) is 5.92 Å². The number of hydrogen-bond donors (Lipinski definition) is 1. The van der Waals surface area contributed by atoms with Gasteiger partial charge in [-0.1, -0.05) is 0 Å². The highest BCUT2D eigenvalue weighted by atomic mass is 32.2. The molecule has 7 heteroatoms. The quantitative estimate of drug-likeness (QED) is 0.621. The van der Waals surface area contributed by atoms with Crippen molar-refractivity contribution in [2.45, 2.75) is 6.42 Å². The molecule has 0 aromatic rings. The van der Waals surface area contributed by atoms with Crippen molar-refractivity contribution in [3.63, 3.8) is 0 Å². The smallest absolute Gasteiger partial charge is 0.281 e. The van der Waals surface area contributed by atoms with Crippen LogP contribution in [0.15, 0.2) is 0 Å². The van der Waals surface area contributed by atoms with Gasteiger partial charge in [-0.05, 0) is 12.3 Å². The van der Waals surface area contributed by atoms with Crippen LogP contribution in [0.25, 0.3) is 0 Å². The molecule has 0 bridgehead atoms. The predicted octanol–water partition coefficient (Wildman–Crippen LogP) is -0.995. The first-order valence-electron chi connectivity index (χ1n) is 4.47. The molecule has 1 aliphatic heterocycles. The zero-order valence-electron chi connectivity index (χ0n) is 8.51. The van der Waals surface area contributed by atoms with Crippen LogP contribution in [-0.4, -0.2) is 50.8 Å². The molecule has 1 atom stereocenters. The molecule has 0 spiro atoms. The lowest BCUT2D eigenvalue weighted by atomic mass is 10.1. The molecule has 0 radical (unpaired) electrons. The summed E-state index contributed by atoms with van der Waals surface area (Å²) in [4.78, 5) is 4.51. The van der Waals surface area contributed by atoms with Gasteiger partial charge in [0, 0.05) is 27.2 Å². The molecule has 1 aliphatic rings. The molecule has 1 heterocycles. The molecule has 1 unspecified atom stereocenters. The molecule has 2 N–H and O–H groups in total. The van der Waals surface area contributed by atoms with Gasteiger partial charge in [0.05, 0.1) is 6.61 Å². The summed E-state index contributed by atoms with van der Waals surface area (Å²) in [5, 5.41) is 0. The lowest BCUT2D eigenvalue weighted by Gasteiger charge is -2.20. The average molecular weight is 223 g/mol. The fraction of sp³-hybridized carbons (Fsp3) is 1.00. The highest BCUT2D eigenvalue weighted by molar-refractivity contribution is 7.86. The third-order valence-electron chi connectivity index (χ3n) is 2.37. The Labute approximate surface area is 84.7 Å². The number of nitrogens with zero attached hydrogens (tertiary/aromatic N) is 2. The first kappa shape index (κ1) is 11.9. The standard InChI is InChI=1S/C7H17N3O3S/c1-9(2)14(11,12)10-4-3-7(5-10)6-13-8/h7H,3-6,8H2,1-2H3. The van der Waals surface area contributed by atoms with Crippen molar-refractivity contribution in [1.82, 2.24) is 8.61 Å². The Morgan fingerprint density at radius 2 is 2.21 bits per heavy atom. The molecule has 0 saturated carbocycles. The van der Waals surface area contributed by atoms with E-state index in [1.807, 2.05) is 0 Å². The number of rotatable bonds is 4. The number of hydrogen-bond acceptors (Lipinski definition) is 4. The normalized spacial score (nSPS) is 24.7. The Bertz CT molecular complexity index is 278. The molecule has 0 aromatic heterocycles. The van der Waals surface area contributed by atoms with Gasteiger partial charge in [0.1, 0.15) is 0 Å². The van der Waals surface area contributed by atoms with Crippen LogP contribution in [0, 0.1) is 5.92 Å². The molecule has 6 nitrogen and oxygen atoms in total. The minimum absolute atomic E-state index is 0.217. The predicted molar refractivity (Wildman–Crippen MR) is 52.4 cm³/mol. The summed E-state index contributed by atoms with van der Waals surface area (Å²) in [6.07, 6.45) is 0.810. The molecule has 84 valence electrons. The van der Waals surface area contributed by atoms with Crippen LogP contribution in [0.1, 0.15) is 6.42 Å². The van der Waals surface area contributed by atoms with E-state index in [9.17, 15) is 8.42 Å². The minimum atomic E-state index is -3.26. The van der Waals surface area contributed by atoms with Gasteiger partial charge in [0.25, 0.3) is 10.2 Å². The Morgan fingerprint density at radius 3 is 2.71 bits per heavy atom. The van der Waals surface area contributed by atoms with Gasteiger partial charge in [-0.2, -0.15) is 17.0 Å². The first-order valence-corrected chi connectivity index (χ1v) is 5.87. The summed E-state index contributed by atoms with van der Waals surface area (Å²) < 4.78 is 26.0.